The van der Waals surface area contributed by atoms with Gasteiger partial charge in [0.25, 0.3) is 0 Å². The van der Waals surface area contributed by atoms with Crippen molar-refractivity contribution in [2.45, 2.75) is 63.5 Å². The molecule has 1 saturated heterocycles. The zero-order chi connectivity index (χ0) is 27.3. The highest BCUT2D eigenvalue weighted by Crippen LogP contribution is 2.40. The van der Waals surface area contributed by atoms with Crippen molar-refractivity contribution < 1.29 is 27.8 Å². The number of anilines is 2. The first-order valence-corrected chi connectivity index (χ1v) is 13.3. The van der Waals surface area contributed by atoms with E-state index in [1.54, 1.807) is 4.90 Å². The molecule has 3 N–H and O–H groups in total. The minimum atomic E-state index is -4.16. The highest BCUT2D eigenvalue weighted by atomic mass is 19.4. The topological polar surface area (TPSA) is 84.8 Å². The van der Waals surface area contributed by atoms with Gasteiger partial charge in [0.05, 0.1) is 12.0 Å². The Morgan fingerprint density at radius 3 is 2.47 bits per heavy atom. The fourth-order valence-electron chi connectivity index (χ4n) is 5.51. The normalized spacial score (nSPS) is 26.8. The van der Waals surface area contributed by atoms with E-state index in [2.05, 4.69) is 20.2 Å². The number of piperidine rings is 1. The van der Waals surface area contributed by atoms with Crippen LogP contribution in [0.25, 0.3) is 0 Å². The van der Waals surface area contributed by atoms with Crippen molar-refractivity contribution in [1.29, 1.82) is 0 Å². The highest BCUT2D eigenvalue weighted by molar-refractivity contribution is 5.51. The van der Waals surface area contributed by atoms with E-state index in [0.29, 0.717) is 45.4 Å². The standard InChI is InChI=1S/C27H37F4N5O2/c1-2-36(15-20-8-10-21(11-9-20)27(29,30)31)25-23(28)24(33-18-34-25)32-17-26(38)12-13-35(16-22(26)37)14-19-6-4-3-5-7-19/h3-7,18,20-22,37-38H,2,8-17H2,1H3,(H,32,33,34). The van der Waals surface area contributed by atoms with Crippen LogP contribution in [0.5, 0.6) is 0 Å². The number of rotatable bonds is 9. The Kier molecular flexibility index (Phi) is 9.10. The minimum absolute atomic E-state index is 0.0243. The van der Waals surface area contributed by atoms with Gasteiger partial charge in [-0.3, -0.25) is 4.90 Å². The summed E-state index contributed by atoms with van der Waals surface area (Å²) in [7, 11) is 0. The van der Waals surface area contributed by atoms with Gasteiger partial charge in [0.1, 0.15) is 11.9 Å². The first kappa shape index (κ1) is 28.5. The van der Waals surface area contributed by atoms with Gasteiger partial charge in [0.15, 0.2) is 11.6 Å². The summed E-state index contributed by atoms with van der Waals surface area (Å²) in [5, 5.41) is 24.7. The molecular formula is C27H37F4N5O2. The van der Waals surface area contributed by atoms with Crippen LogP contribution in [0.1, 0.15) is 44.6 Å². The third-order valence-corrected chi connectivity index (χ3v) is 7.96. The monoisotopic (exact) mass is 539 g/mol. The Bertz CT molecular complexity index is 1040. The molecule has 0 radical (unpaired) electrons. The van der Waals surface area contributed by atoms with E-state index in [0.717, 1.165) is 5.56 Å². The van der Waals surface area contributed by atoms with Gasteiger partial charge in [-0.2, -0.15) is 17.6 Å². The molecule has 2 aliphatic rings. The fourth-order valence-corrected chi connectivity index (χ4v) is 5.51. The number of nitrogens with zero attached hydrogens (tertiary/aromatic N) is 4. The van der Waals surface area contributed by atoms with Gasteiger partial charge in [-0.15, -0.1) is 0 Å². The van der Waals surface area contributed by atoms with Crippen LogP contribution in [0, 0.1) is 17.7 Å². The quantitative estimate of drug-likeness (QED) is 0.412. The van der Waals surface area contributed by atoms with Crippen molar-refractivity contribution in [2.75, 3.05) is 42.9 Å². The smallest absolute Gasteiger partial charge is 0.389 e. The number of likely N-dealkylation sites (tertiary alicyclic amines) is 1. The van der Waals surface area contributed by atoms with Crippen molar-refractivity contribution >= 4 is 11.6 Å². The average molecular weight is 540 g/mol. The molecule has 2 heterocycles. The predicted molar refractivity (Wildman–Crippen MR) is 137 cm³/mol. The van der Waals surface area contributed by atoms with Crippen LogP contribution in [-0.2, 0) is 6.54 Å². The number of benzene rings is 1. The molecule has 38 heavy (non-hydrogen) atoms. The highest BCUT2D eigenvalue weighted by Gasteiger charge is 2.42. The molecule has 0 bridgehead atoms. The molecule has 4 rings (SSSR count). The minimum Gasteiger partial charge on any atom is -0.389 e. The zero-order valence-corrected chi connectivity index (χ0v) is 21.7. The van der Waals surface area contributed by atoms with E-state index in [4.69, 9.17) is 0 Å². The lowest BCUT2D eigenvalue weighted by molar-refractivity contribution is -0.183. The summed E-state index contributed by atoms with van der Waals surface area (Å²) < 4.78 is 54.4. The van der Waals surface area contributed by atoms with E-state index >= 15 is 4.39 Å². The molecule has 11 heteroatoms. The summed E-state index contributed by atoms with van der Waals surface area (Å²) in [5.41, 5.74) is -0.334. The first-order valence-electron chi connectivity index (χ1n) is 13.3. The van der Waals surface area contributed by atoms with Crippen molar-refractivity contribution in [2.24, 2.45) is 11.8 Å². The number of alkyl halides is 3. The Labute approximate surface area is 220 Å². The number of aliphatic hydroxyl groups excluding tert-OH is 1. The molecule has 2 fully saturated rings. The number of hydrogen-bond donors (Lipinski definition) is 3. The molecule has 2 atom stereocenters. The summed E-state index contributed by atoms with van der Waals surface area (Å²) in [6.07, 6.45) is -2.61. The lowest BCUT2D eigenvalue weighted by atomic mass is 9.81. The second-order valence-electron chi connectivity index (χ2n) is 10.6. The van der Waals surface area contributed by atoms with E-state index in [9.17, 15) is 23.4 Å². The molecule has 7 nitrogen and oxygen atoms in total. The van der Waals surface area contributed by atoms with Crippen LogP contribution < -0.4 is 10.2 Å². The van der Waals surface area contributed by atoms with E-state index in [-0.39, 0.29) is 43.5 Å². The summed E-state index contributed by atoms with van der Waals surface area (Å²) in [6, 6.07) is 9.88. The summed E-state index contributed by atoms with van der Waals surface area (Å²) >= 11 is 0. The molecule has 210 valence electrons. The molecule has 2 aromatic rings. The fraction of sp³-hybridized carbons (Fsp3) is 0.630. The van der Waals surface area contributed by atoms with Gasteiger partial charge in [0, 0.05) is 39.3 Å². The second kappa shape index (κ2) is 12.1. The second-order valence-corrected chi connectivity index (χ2v) is 10.6. The van der Waals surface area contributed by atoms with Crippen LogP contribution in [0.3, 0.4) is 0 Å². The Hall–Kier alpha value is -2.50. The molecule has 0 spiro atoms. The number of nitrogens with one attached hydrogen (secondary N) is 1. The maximum atomic E-state index is 15.4. The Morgan fingerprint density at radius 1 is 1.13 bits per heavy atom. The van der Waals surface area contributed by atoms with Crippen LogP contribution in [0.15, 0.2) is 36.7 Å². The lowest BCUT2D eigenvalue weighted by Gasteiger charge is -2.42. The Balaban J connectivity index is 1.34. The summed E-state index contributed by atoms with van der Waals surface area (Å²) in [4.78, 5) is 11.9. The van der Waals surface area contributed by atoms with Gasteiger partial charge >= 0.3 is 6.18 Å². The van der Waals surface area contributed by atoms with Gasteiger partial charge in [-0.1, -0.05) is 30.3 Å². The van der Waals surface area contributed by atoms with Gasteiger partial charge in [0.2, 0.25) is 5.82 Å². The van der Waals surface area contributed by atoms with E-state index in [1.165, 1.54) is 6.33 Å². The lowest BCUT2D eigenvalue weighted by Crippen LogP contribution is -2.58. The number of aromatic nitrogens is 2. The van der Waals surface area contributed by atoms with Crippen LogP contribution in [-0.4, -0.2) is 75.7 Å². The number of β-amino-alcohol motifs (C(OH)–C–C–N with tert-alkyl or cyclic N) is 1. The van der Waals surface area contributed by atoms with E-state index in [1.807, 2.05) is 37.3 Å². The van der Waals surface area contributed by atoms with Gasteiger partial charge in [-0.25, -0.2) is 9.97 Å². The predicted octanol–water partition coefficient (Wildman–Crippen LogP) is 4.22. The molecule has 0 amide bonds. The molecule has 1 aromatic carbocycles. The van der Waals surface area contributed by atoms with Gasteiger partial charge in [-0.05, 0) is 50.5 Å². The molecule has 1 aliphatic carbocycles. The van der Waals surface area contributed by atoms with Crippen molar-refractivity contribution in [1.82, 2.24) is 14.9 Å². The Morgan fingerprint density at radius 2 is 1.84 bits per heavy atom. The third-order valence-electron chi connectivity index (χ3n) is 7.96. The van der Waals surface area contributed by atoms with Crippen LogP contribution in [0.4, 0.5) is 29.2 Å². The van der Waals surface area contributed by atoms with Crippen molar-refractivity contribution in [3.05, 3.63) is 48.0 Å². The SMILES string of the molecule is CCN(CC1CCC(C(F)(F)F)CC1)c1ncnc(NCC2(O)CCN(Cc3ccccc3)CC2O)c1F. The summed E-state index contributed by atoms with van der Waals surface area (Å²) in [5.74, 6) is -1.92. The maximum absolute atomic E-state index is 15.4. The maximum Gasteiger partial charge on any atom is 0.391 e. The molecule has 1 aromatic heterocycles. The number of hydrogen-bond acceptors (Lipinski definition) is 7. The first-order chi connectivity index (χ1) is 18.1. The van der Waals surface area contributed by atoms with Crippen molar-refractivity contribution in [3.8, 4) is 0 Å². The molecule has 2 unspecified atom stereocenters. The molecule has 1 saturated carbocycles. The molecular weight excluding hydrogens is 502 g/mol. The molecule has 1 aliphatic heterocycles. The van der Waals surface area contributed by atoms with E-state index < -0.39 is 29.6 Å². The zero-order valence-electron chi connectivity index (χ0n) is 21.7. The largest absolute Gasteiger partial charge is 0.391 e. The number of halogens is 4. The third kappa shape index (κ3) is 6.92. The van der Waals surface area contributed by atoms with Crippen molar-refractivity contribution in [3.63, 3.8) is 0 Å². The van der Waals surface area contributed by atoms with Gasteiger partial charge < -0.3 is 20.4 Å². The summed E-state index contributed by atoms with van der Waals surface area (Å²) in [6.45, 7) is 4.12. The van der Waals surface area contributed by atoms with Crippen LogP contribution in [0.2, 0.25) is 0 Å². The van der Waals surface area contributed by atoms with Crippen LogP contribution >= 0.6 is 0 Å². The average Bonchev–Trinajstić information content (AvgIpc) is 2.90. The number of aliphatic hydroxyl groups is 2.